The fourth-order valence-electron chi connectivity index (χ4n) is 2.68. The molecule has 0 saturated heterocycles. The van der Waals surface area contributed by atoms with E-state index in [-0.39, 0.29) is 23.5 Å². The summed E-state index contributed by atoms with van der Waals surface area (Å²) in [5, 5.41) is 0. The van der Waals surface area contributed by atoms with Crippen LogP contribution in [0.4, 0.5) is 11.4 Å². The summed E-state index contributed by atoms with van der Waals surface area (Å²) in [5.41, 5.74) is 1.87. The van der Waals surface area contributed by atoms with Gasteiger partial charge in [-0.25, -0.2) is 0 Å². The topological polar surface area (TPSA) is 40.6 Å². The molecule has 1 aromatic rings. The molecule has 1 aromatic carbocycles. The molecule has 0 spiro atoms. The molecule has 0 saturated carbocycles. The Morgan fingerprint density at radius 2 is 1.71 bits per heavy atom. The van der Waals surface area contributed by atoms with Gasteiger partial charge in [0.25, 0.3) is 0 Å². The number of carbonyl (C=O) groups is 2. The molecule has 0 fully saturated rings. The summed E-state index contributed by atoms with van der Waals surface area (Å²) in [6, 6.07) is 7.84. The predicted octanol–water partition coefficient (Wildman–Crippen LogP) is 2.86. The van der Waals surface area contributed by atoms with Gasteiger partial charge in [0, 0.05) is 26.6 Å². The molecular weight excluding hydrogens is 264 g/mol. The minimum atomic E-state index is -0.0928. The average Bonchev–Trinajstić information content (AvgIpc) is 2.37. The number of Topliss-reactive ketones (excluding diaryl/α,β-unsaturated/α-hetero) is 1. The van der Waals surface area contributed by atoms with E-state index in [9.17, 15) is 9.59 Å². The second-order valence-corrected chi connectivity index (χ2v) is 6.91. The fraction of sp³-hybridized carbons (Fsp3) is 0.529. The third-order valence-electron chi connectivity index (χ3n) is 3.62. The molecular formula is C17H24N2O2. The highest BCUT2D eigenvalue weighted by Gasteiger charge is 2.27. The molecule has 0 atom stereocenters. The molecule has 4 nitrogen and oxygen atoms in total. The van der Waals surface area contributed by atoms with Crippen LogP contribution in [0.1, 0.15) is 33.6 Å². The highest BCUT2D eigenvalue weighted by Crippen LogP contribution is 2.32. The number of likely N-dealkylation sites (N-methyl/N-ethyl adjacent to an activating group) is 1. The summed E-state index contributed by atoms with van der Waals surface area (Å²) in [4.78, 5) is 28.4. The van der Waals surface area contributed by atoms with Gasteiger partial charge < -0.3 is 9.80 Å². The number of anilines is 2. The van der Waals surface area contributed by atoms with Gasteiger partial charge in [-0.2, -0.15) is 0 Å². The van der Waals surface area contributed by atoms with E-state index in [4.69, 9.17) is 0 Å². The van der Waals surface area contributed by atoms with Crippen LogP contribution in [0.5, 0.6) is 0 Å². The number of rotatable bonds is 3. The third kappa shape index (κ3) is 3.84. The van der Waals surface area contributed by atoms with Gasteiger partial charge >= 0.3 is 0 Å². The molecule has 1 aliphatic heterocycles. The van der Waals surface area contributed by atoms with E-state index in [0.717, 1.165) is 17.9 Å². The van der Waals surface area contributed by atoms with E-state index in [0.29, 0.717) is 13.0 Å². The molecule has 0 N–H and O–H groups in total. The second-order valence-electron chi connectivity index (χ2n) is 6.91. The van der Waals surface area contributed by atoms with Crippen molar-refractivity contribution < 1.29 is 9.59 Å². The number of fused-ring (bicyclic) bond motifs is 1. The Kier molecular flexibility index (Phi) is 4.35. The number of amides is 1. The zero-order chi connectivity index (χ0) is 15.6. The fourth-order valence-corrected chi connectivity index (χ4v) is 2.68. The molecule has 1 heterocycles. The Bertz CT molecular complexity index is 546. The van der Waals surface area contributed by atoms with E-state index in [1.54, 1.807) is 4.90 Å². The first-order valence-corrected chi connectivity index (χ1v) is 7.40. The summed E-state index contributed by atoms with van der Waals surface area (Å²) < 4.78 is 0. The largest absolute Gasteiger partial charge is 0.371 e. The number of nitrogens with zero attached hydrogens (tertiary/aromatic N) is 2. The Labute approximate surface area is 126 Å². The van der Waals surface area contributed by atoms with Gasteiger partial charge in [0.1, 0.15) is 5.78 Å². The monoisotopic (exact) mass is 288 g/mol. The first kappa shape index (κ1) is 15.5. The second kappa shape index (κ2) is 5.88. The molecule has 0 radical (unpaired) electrons. The zero-order valence-electron chi connectivity index (χ0n) is 13.3. The van der Waals surface area contributed by atoms with Crippen LogP contribution in [0.25, 0.3) is 0 Å². The van der Waals surface area contributed by atoms with Gasteiger partial charge in [-0.15, -0.1) is 0 Å². The van der Waals surface area contributed by atoms with Gasteiger partial charge in [-0.3, -0.25) is 9.59 Å². The number of ketones is 1. The lowest BCUT2D eigenvalue weighted by molar-refractivity contribution is -0.127. The highest BCUT2D eigenvalue weighted by atomic mass is 16.2. The molecule has 21 heavy (non-hydrogen) atoms. The van der Waals surface area contributed by atoms with Gasteiger partial charge in [0.15, 0.2) is 0 Å². The molecule has 2 rings (SSSR count). The highest BCUT2D eigenvalue weighted by molar-refractivity contribution is 6.07. The van der Waals surface area contributed by atoms with E-state index < -0.39 is 0 Å². The number of hydrogen-bond donors (Lipinski definition) is 0. The maximum Gasteiger partial charge on any atom is 0.234 e. The summed E-state index contributed by atoms with van der Waals surface area (Å²) >= 11 is 0. The SMILES string of the molecule is CN1CCN(C(=O)CC(=O)CC(C)(C)C)c2ccccc21. The Hall–Kier alpha value is -1.84. The van der Waals surface area contributed by atoms with Gasteiger partial charge in [-0.05, 0) is 17.5 Å². The van der Waals surface area contributed by atoms with Crippen molar-refractivity contribution in [2.75, 3.05) is 29.9 Å². The van der Waals surface area contributed by atoms with Crippen LogP contribution < -0.4 is 9.80 Å². The molecule has 4 heteroatoms. The van der Waals surface area contributed by atoms with Gasteiger partial charge in [0.2, 0.25) is 5.91 Å². The van der Waals surface area contributed by atoms with Crippen LogP contribution >= 0.6 is 0 Å². The minimum Gasteiger partial charge on any atom is -0.371 e. The normalized spacial score (nSPS) is 14.9. The van der Waals surface area contributed by atoms with E-state index >= 15 is 0 Å². The van der Waals surface area contributed by atoms with Crippen molar-refractivity contribution >= 4 is 23.1 Å². The maximum absolute atomic E-state index is 12.5. The molecule has 1 aliphatic rings. The summed E-state index contributed by atoms with van der Waals surface area (Å²) in [7, 11) is 2.02. The number of para-hydroxylation sites is 2. The predicted molar refractivity (Wildman–Crippen MR) is 85.8 cm³/mol. The maximum atomic E-state index is 12.5. The first-order chi connectivity index (χ1) is 9.78. The Morgan fingerprint density at radius 3 is 2.33 bits per heavy atom. The lowest BCUT2D eigenvalue weighted by Crippen LogP contribution is -2.43. The quantitative estimate of drug-likeness (QED) is 0.803. The van der Waals surface area contributed by atoms with Crippen LogP contribution in [0, 0.1) is 5.41 Å². The summed E-state index contributed by atoms with van der Waals surface area (Å²) in [6.45, 7) is 7.47. The van der Waals surface area contributed by atoms with Crippen molar-refractivity contribution in [1.29, 1.82) is 0 Å². The van der Waals surface area contributed by atoms with Crippen molar-refractivity contribution in [1.82, 2.24) is 0 Å². The van der Waals surface area contributed by atoms with Crippen molar-refractivity contribution in [2.24, 2.45) is 5.41 Å². The van der Waals surface area contributed by atoms with Crippen molar-refractivity contribution in [2.45, 2.75) is 33.6 Å². The minimum absolute atomic E-state index is 0.00464. The molecule has 0 unspecified atom stereocenters. The van der Waals surface area contributed by atoms with Crippen molar-refractivity contribution in [3.63, 3.8) is 0 Å². The molecule has 114 valence electrons. The Balaban J connectivity index is 2.11. The molecule has 1 amide bonds. The summed E-state index contributed by atoms with van der Waals surface area (Å²) in [5.74, 6) is -0.0753. The molecule has 0 bridgehead atoms. The number of carbonyl (C=O) groups excluding carboxylic acids is 2. The van der Waals surface area contributed by atoms with E-state index in [1.165, 1.54) is 0 Å². The smallest absolute Gasteiger partial charge is 0.234 e. The lowest BCUT2D eigenvalue weighted by atomic mass is 9.89. The molecule has 0 aromatic heterocycles. The van der Waals surface area contributed by atoms with Crippen LogP contribution in [0.15, 0.2) is 24.3 Å². The van der Waals surface area contributed by atoms with Crippen LogP contribution in [-0.4, -0.2) is 31.8 Å². The lowest BCUT2D eigenvalue weighted by Gasteiger charge is -2.35. The zero-order valence-corrected chi connectivity index (χ0v) is 13.3. The number of benzene rings is 1. The van der Waals surface area contributed by atoms with E-state index in [2.05, 4.69) is 4.90 Å². The van der Waals surface area contributed by atoms with Crippen molar-refractivity contribution in [3.8, 4) is 0 Å². The summed E-state index contributed by atoms with van der Waals surface area (Å²) in [6.07, 6.45) is 0.434. The standard InChI is InChI=1S/C17H24N2O2/c1-17(2,3)12-13(20)11-16(21)19-10-9-18(4)14-7-5-6-8-15(14)19/h5-8H,9-12H2,1-4H3. The first-order valence-electron chi connectivity index (χ1n) is 7.40. The van der Waals surface area contributed by atoms with Gasteiger partial charge in [0.05, 0.1) is 17.8 Å². The Morgan fingerprint density at radius 1 is 1.10 bits per heavy atom. The van der Waals surface area contributed by atoms with Crippen LogP contribution in [0.3, 0.4) is 0 Å². The third-order valence-corrected chi connectivity index (χ3v) is 3.62. The van der Waals surface area contributed by atoms with Crippen LogP contribution in [0.2, 0.25) is 0 Å². The van der Waals surface area contributed by atoms with Gasteiger partial charge in [-0.1, -0.05) is 32.9 Å². The number of hydrogen-bond acceptors (Lipinski definition) is 3. The molecule has 0 aliphatic carbocycles. The van der Waals surface area contributed by atoms with Crippen LogP contribution in [-0.2, 0) is 9.59 Å². The van der Waals surface area contributed by atoms with Crippen molar-refractivity contribution in [3.05, 3.63) is 24.3 Å². The average molecular weight is 288 g/mol. The van der Waals surface area contributed by atoms with E-state index in [1.807, 2.05) is 52.1 Å².